The summed E-state index contributed by atoms with van der Waals surface area (Å²) in [5.41, 5.74) is 1.19. The topological polar surface area (TPSA) is 91.9 Å². The molecule has 7 nitrogen and oxygen atoms in total. The minimum Gasteiger partial charge on any atom is -0.379 e. The van der Waals surface area contributed by atoms with Crippen molar-refractivity contribution in [1.29, 1.82) is 0 Å². The van der Waals surface area contributed by atoms with E-state index in [1.807, 2.05) is 25.1 Å². The third-order valence-corrected chi connectivity index (χ3v) is 4.82. The van der Waals surface area contributed by atoms with E-state index < -0.39 is 0 Å². The maximum atomic E-state index is 12.5. The zero-order valence-electron chi connectivity index (χ0n) is 14.8. The molecule has 8 heteroatoms. The number of hydrogen-bond acceptors (Lipinski definition) is 6. The summed E-state index contributed by atoms with van der Waals surface area (Å²) in [5, 5.41) is 8.04. The number of benzene rings is 1. The molecule has 2 aromatic heterocycles. The molecule has 1 aromatic carbocycles. The molecule has 3 N–H and O–H groups in total. The van der Waals surface area contributed by atoms with Crippen LogP contribution in [0.2, 0.25) is 5.02 Å². The van der Waals surface area contributed by atoms with Crippen molar-refractivity contribution >= 4 is 34.3 Å². The fourth-order valence-electron chi connectivity index (χ4n) is 3.15. The van der Waals surface area contributed by atoms with Gasteiger partial charge in [-0.1, -0.05) is 11.6 Å². The molecule has 140 valence electrons. The first-order valence-corrected chi connectivity index (χ1v) is 9.22. The van der Waals surface area contributed by atoms with Crippen molar-refractivity contribution in [3.63, 3.8) is 0 Å². The second-order valence-corrected chi connectivity index (χ2v) is 7.06. The molecule has 1 aliphatic heterocycles. The van der Waals surface area contributed by atoms with Gasteiger partial charge in [0.05, 0.1) is 18.7 Å². The summed E-state index contributed by atoms with van der Waals surface area (Å²) >= 11 is 6.06. The molecule has 2 unspecified atom stereocenters. The van der Waals surface area contributed by atoms with Crippen LogP contribution < -0.4 is 16.2 Å². The van der Waals surface area contributed by atoms with Crippen molar-refractivity contribution in [3.8, 4) is 0 Å². The Morgan fingerprint density at radius 2 is 2.22 bits per heavy atom. The Kier molecular flexibility index (Phi) is 4.96. The minimum absolute atomic E-state index is 0.151. The zero-order chi connectivity index (χ0) is 18.8. The average Bonchev–Trinajstić information content (AvgIpc) is 3.14. The highest BCUT2D eigenvalue weighted by atomic mass is 35.5. The molecule has 0 amide bonds. The van der Waals surface area contributed by atoms with Gasteiger partial charge in [0.25, 0.3) is 5.56 Å². The van der Waals surface area contributed by atoms with Crippen molar-refractivity contribution in [3.05, 3.63) is 57.5 Å². The van der Waals surface area contributed by atoms with Crippen LogP contribution in [-0.2, 0) is 4.74 Å². The summed E-state index contributed by atoms with van der Waals surface area (Å²) in [6.07, 6.45) is 2.64. The van der Waals surface area contributed by atoms with Crippen LogP contribution in [0.3, 0.4) is 0 Å². The van der Waals surface area contributed by atoms with Gasteiger partial charge in [0.2, 0.25) is 5.95 Å². The molecule has 1 saturated heterocycles. The quantitative estimate of drug-likeness (QED) is 0.623. The van der Waals surface area contributed by atoms with Crippen LogP contribution in [0.15, 0.2) is 41.3 Å². The SMILES string of the molecule is CC(Nc1nccc(NC2CCOC2)n1)c1cc2cc(Cl)ccc2[nH]c1=O. The number of ether oxygens (including phenoxy) is 1. The van der Waals surface area contributed by atoms with Crippen molar-refractivity contribution in [1.82, 2.24) is 15.0 Å². The lowest BCUT2D eigenvalue weighted by molar-refractivity contribution is 0.195. The van der Waals surface area contributed by atoms with Crippen molar-refractivity contribution in [2.24, 2.45) is 0 Å². The van der Waals surface area contributed by atoms with E-state index in [1.54, 1.807) is 18.3 Å². The van der Waals surface area contributed by atoms with Crippen LogP contribution in [0.1, 0.15) is 24.9 Å². The number of nitrogens with zero attached hydrogens (tertiary/aromatic N) is 2. The van der Waals surface area contributed by atoms with Gasteiger partial charge in [-0.3, -0.25) is 4.79 Å². The van der Waals surface area contributed by atoms with E-state index >= 15 is 0 Å². The monoisotopic (exact) mass is 385 g/mol. The predicted octanol–water partition coefficient (Wildman–Crippen LogP) is 3.35. The molecule has 0 spiro atoms. The highest BCUT2D eigenvalue weighted by molar-refractivity contribution is 6.31. The van der Waals surface area contributed by atoms with E-state index in [0.717, 1.165) is 29.7 Å². The summed E-state index contributed by atoms with van der Waals surface area (Å²) in [4.78, 5) is 24.1. The largest absolute Gasteiger partial charge is 0.379 e. The molecule has 0 aliphatic carbocycles. The number of aromatic nitrogens is 3. The van der Waals surface area contributed by atoms with E-state index in [4.69, 9.17) is 16.3 Å². The third-order valence-electron chi connectivity index (χ3n) is 4.58. The first-order chi connectivity index (χ1) is 13.1. The number of halogens is 1. The molecule has 0 bridgehead atoms. The Balaban J connectivity index is 1.55. The molecule has 3 aromatic rings. The molecule has 3 heterocycles. The maximum absolute atomic E-state index is 12.5. The van der Waals surface area contributed by atoms with Crippen LogP contribution in [0.4, 0.5) is 11.8 Å². The molecule has 27 heavy (non-hydrogen) atoms. The van der Waals surface area contributed by atoms with E-state index in [0.29, 0.717) is 23.1 Å². The number of aromatic amines is 1. The van der Waals surface area contributed by atoms with Gasteiger partial charge in [-0.15, -0.1) is 0 Å². The molecule has 0 radical (unpaired) electrons. The average molecular weight is 386 g/mol. The first-order valence-electron chi connectivity index (χ1n) is 8.85. The molecule has 2 atom stereocenters. The van der Waals surface area contributed by atoms with Gasteiger partial charge in [0.15, 0.2) is 0 Å². The lowest BCUT2D eigenvalue weighted by atomic mass is 10.1. The Hall–Kier alpha value is -2.64. The summed E-state index contributed by atoms with van der Waals surface area (Å²) in [6.45, 7) is 3.34. The molecule has 0 saturated carbocycles. The fraction of sp³-hybridized carbons (Fsp3) is 0.316. The van der Waals surface area contributed by atoms with E-state index in [-0.39, 0.29) is 17.6 Å². The van der Waals surface area contributed by atoms with Crippen LogP contribution >= 0.6 is 11.6 Å². The maximum Gasteiger partial charge on any atom is 0.253 e. The van der Waals surface area contributed by atoms with Gasteiger partial charge in [-0.2, -0.15) is 4.98 Å². The van der Waals surface area contributed by atoms with Gasteiger partial charge in [-0.25, -0.2) is 4.98 Å². The Morgan fingerprint density at radius 1 is 1.33 bits per heavy atom. The normalized spacial score (nSPS) is 17.8. The number of anilines is 2. The fourth-order valence-corrected chi connectivity index (χ4v) is 3.33. The summed E-state index contributed by atoms with van der Waals surface area (Å²) < 4.78 is 5.37. The standard InChI is InChI=1S/C19H20ClN5O2/c1-11(15-9-12-8-13(20)2-3-16(12)24-18(15)26)22-19-21-6-4-17(25-19)23-14-5-7-27-10-14/h2-4,6,8-9,11,14H,5,7,10H2,1H3,(H,24,26)(H2,21,22,23,25). The number of nitrogens with one attached hydrogen (secondary N) is 3. The van der Waals surface area contributed by atoms with Crippen LogP contribution in [0.5, 0.6) is 0 Å². The molecule has 1 aliphatic rings. The number of pyridine rings is 1. The number of fused-ring (bicyclic) bond motifs is 1. The predicted molar refractivity (Wildman–Crippen MR) is 106 cm³/mol. The second-order valence-electron chi connectivity index (χ2n) is 6.62. The summed E-state index contributed by atoms with van der Waals surface area (Å²) in [7, 11) is 0. The van der Waals surface area contributed by atoms with Crippen LogP contribution in [0, 0.1) is 0 Å². The van der Waals surface area contributed by atoms with E-state index in [1.165, 1.54) is 0 Å². The molecule has 4 rings (SSSR count). The Bertz CT molecular complexity index is 1020. The van der Waals surface area contributed by atoms with Gasteiger partial charge in [0.1, 0.15) is 5.82 Å². The second kappa shape index (κ2) is 7.54. The number of H-pyrrole nitrogens is 1. The van der Waals surface area contributed by atoms with Crippen LogP contribution in [0.25, 0.3) is 10.9 Å². The van der Waals surface area contributed by atoms with Gasteiger partial charge >= 0.3 is 0 Å². The summed E-state index contributed by atoms with van der Waals surface area (Å²) in [5.74, 6) is 1.19. The van der Waals surface area contributed by atoms with Gasteiger partial charge in [0, 0.05) is 34.3 Å². The molecule has 1 fully saturated rings. The highest BCUT2D eigenvalue weighted by Gasteiger charge is 2.17. The lowest BCUT2D eigenvalue weighted by Gasteiger charge is -2.16. The van der Waals surface area contributed by atoms with E-state index in [2.05, 4.69) is 25.6 Å². The minimum atomic E-state index is -0.276. The number of rotatable bonds is 5. The molecular formula is C19H20ClN5O2. The van der Waals surface area contributed by atoms with Crippen molar-refractivity contribution in [2.45, 2.75) is 25.4 Å². The number of hydrogen-bond donors (Lipinski definition) is 3. The highest BCUT2D eigenvalue weighted by Crippen LogP contribution is 2.21. The van der Waals surface area contributed by atoms with Crippen molar-refractivity contribution in [2.75, 3.05) is 23.8 Å². The Morgan fingerprint density at radius 3 is 3.04 bits per heavy atom. The lowest BCUT2D eigenvalue weighted by Crippen LogP contribution is -2.22. The first kappa shape index (κ1) is 17.8. The summed E-state index contributed by atoms with van der Waals surface area (Å²) in [6, 6.07) is 9.03. The zero-order valence-corrected chi connectivity index (χ0v) is 15.6. The van der Waals surface area contributed by atoms with Crippen LogP contribution in [-0.4, -0.2) is 34.2 Å². The smallest absolute Gasteiger partial charge is 0.253 e. The van der Waals surface area contributed by atoms with E-state index in [9.17, 15) is 4.79 Å². The Labute approximate surface area is 161 Å². The third kappa shape index (κ3) is 4.04. The van der Waals surface area contributed by atoms with Gasteiger partial charge in [-0.05, 0) is 43.7 Å². The van der Waals surface area contributed by atoms with Gasteiger partial charge < -0.3 is 20.4 Å². The molecular weight excluding hydrogens is 366 g/mol. The van der Waals surface area contributed by atoms with Crippen molar-refractivity contribution < 1.29 is 4.74 Å².